The first-order valence-corrected chi connectivity index (χ1v) is 15.6. The monoisotopic (exact) mass is 577 g/mol. The van der Waals surface area contributed by atoms with Crippen LogP contribution >= 0.6 is 34.3 Å². The minimum atomic E-state index is -3.52. The zero-order valence-electron chi connectivity index (χ0n) is 20.8. The highest BCUT2D eigenvalue weighted by atomic mass is 35.5. The van der Waals surface area contributed by atoms with Crippen LogP contribution in [0, 0.1) is 26.7 Å². The smallest absolute Gasteiger partial charge is 0.252 e. The highest BCUT2D eigenvalue weighted by Crippen LogP contribution is 2.35. The number of carbonyl (C=O) groups excluding carboxylic acids is 1. The first kappa shape index (κ1) is 26.3. The van der Waals surface area contributed by atoms with Crippen LogP contribution in [0.5, 0.6) is 0 Å². The van der Waals surface area contributed by atoms with E-state index < -0.39 is 10.0 Å². The number of sulfonamides is 1. The molecule has 0 atom stereocenters. The van der Waals surface area contributed by atoms with E-state index in [2.05, 4.69) is 5.10 Å². The molecule has 0 spiro atoms. The summed E-state index contributed by atoms with van der Waals surface area (Å²) < 4.78 is 30.6. The van der Waals surface area contributed by atoms with Crippen LogP contribution in [0.1, 0.15) is 29.8 Å². The van der Waals surface area contributed by atoms with Crippen LogP contribution < -0.4 is 4.90 Å². The molecule has 0 radical (unpaired) electrons. The van der Waals surface area contributed by atoms with Crippen molar-refractivity contribution >= 4 is 65.6 Å². The Morgan fingerprint density at radius 1 is 1.19 bits per heavy atom. The van der Waals surface area contributed by atoms with E-state index in [4.69, 9.17) is 16.6 Å². The van der Waals surface area contributed by atoms with Gasteiger partial charge >= 0.3 is 0 Å². The lowest BCUT2D eigenvalue weighted by Crippen LogP contribution is -2.45. The first-order chi connectivity index (χ1) is 17.6. The van der Waals surface area contributed by atoms with Crippen molar-refractivity contribution in [2.24, 2.45) is 5.92 Å². The predicted octanol–water partition coefficient (Wildman–Crippen LogP) is 5.27. The summed E-state index contributed by atoms with van der Waals surface area (Å²) in [5, 5.41) is 7.58. The van der Waals surface area contributed by atoms with Crippen molar-refractivity contribution in [1.29, 1.82) is 0 Å². The molecule has 3 aromatic heterocycles. The number of thiophene rings is 1. The van der Waals surface area contributed by atoms with E-state index in [0.717, 1.165) is 27.2 Å². The Labute approximate surface area is 229 Å². The van der Waals surface area contributed by atoms with Crippen LogP contribution in [0.15, 0.2) is 39.9 Å². The van der Waals surface area contributed by atoms with Gasteiger partial charge in [-0.1, -0.05) is 29.0 Å². The largest absolute Gasteiger partial charge is 0.286 e. The van der Waals surface area contributed by atoms with Gasteiger partial charge in [-0.15, -0.1) is 11.3 Å². The number of halogens is 1. The Hall–Kier alpha value is -2.31. The Bertz CT molecular complexity index is 1540. The van der Waals surface area contributed by atoms with Gasteiger partial charge in [0.15, 0.2) is 5.13 Å². The van der Waals surface area contributed by atoms with Gasteiger partial charge in [0.25, 0.3) is 10.0 Å². The Balaban J connectivity index is 1.39. The summed E-state index contributed by atoms with van der Waals surface area (Å²) in [6.07, 6.45) is 0.936. The number of anilines is 1. The standard InChI is InChI=1S/C25H28ClN5O3S3/c1-16-15-17(2)31(28-16)13-12-30(25-27-23-18(3)20(26)6-7-21(23)36-25)24(32)19-8-10-29(11-9-19)37(33,34)22-5-4-14-35-22/h4-7,14-15,19H,8-13H2,1-3H3. The zero-order chi connectivity index (χ0) is 26.3. The van der Waals surface area contributed by atoms with Crippen LogP contribution in [0.2, 0.25) is 5.02 Å². The quantitative estimate of drug-likeness (QED) is 0.299. The lowest BCUT2D eigenvalue weighted by Gasteiger charge is -2.32. The highest BCUT2D eigenvalue weighted by molar-refractivity contribution is 7.91. The summed E-state index contributed by atoms with van der Waals surface area (Å²) in [5.74, 6) is -0.315. The van der Waals surface area contributed by atoms with Gasteiger partial charge in [0.2, 0.25) is 5.91 Å². The topological polar surface area (TPSA) is 88.4 Å². The van der Waals surface area contributed by atoms with Crippen LogP contribution in [0.4, 0.5) is 5.13 Å². The third kappa shape index (κ3) is 5.20. The van der Waals surface area contributed by atoms with Gasteiger partial charge in [-0.3, -0.25) is 14.4 Å². The molecule has 1 amide bonds. The minimum absolute atomic E-state index is 0.0301. The third-order valence-corrected chi connectivity index (χ3v) is 11.5. The molecule has 1 saturated heterocycles. The second kappa shape index (κ2) is 10.5. The Morgan fingerprint density at radius 3 is 2.59 bits per heavy atom. The summed E-state index contributed by atoms with van der Waals surface area (Å²) in [6, 6.07) is 9.16. The van der Waals surface area contributed by atoms with Crippen molar-refractivity contribution in [3.8, 4) is 0 Å². The van der Waals surface area contributed by atoms with Gasteiger partial charge in [0.05, 0.1) is 22.5 Å². The number of hydrogen-bond donors (Lipinski definition) is 0. The first-order valence-electron chi connectivity index (χ1n) is 12.1. The molecule has 1 fully saturated rings. The zero-order valence-corrected chi connectivity index (χ0v) is 24.1. The fourth-order valence-corrected chi connectivity index (χ4v) is 8.52. The number of nitrogens with zero attached hydrogens (tertiary/aromatic N) is 5. The van der Waals surface area contributed by atoms with E-state index in [1.165, 1.54) is 27.0 Å². The normalized spacial score (nSPS) is 15.5. The van der Waals surface area contributed by atoms with E-state index in [1.807, 2.05) is 43.7 Å². The lowest BCUT2D eigenvalue weighted by molar-refractivity contribution is -0.123. The van der Waals surface area contributed by atoms with Crippen LogP contribution in [-0.2, 0) is 21.4 Å². The lowest BCUT2D eigenvalue weighted by atomic mass is 9.96. The average molecular weight is 578 g/mol. The molecular formula is C25H28ClN5O3S3. The van der Waals surface area contributed by atoms with E-state index >= 15 is 0 Å². The van der Waals surface area contributed by atoms with Crippen molar-refractivity contribution < 1.29 is 13.2 Å². The van der Waals surface area contributed by atoms with Crippen LogP contribution in [-0.4, -0.2) is 53.0 Å². The van der Waals surface area contributed by atoms with Crippen molar-refractivity contribution in [3.05, 3.63) is 57.7 Å². The van der Waals surface area contributed by atoms with Gasteiger partial charge in [-0.25, -0.2) is 13.4 Å². The number of aromatic nitrogens is 3. The molecule has 4 aromatic rings. The van der Waals surface area contributed by atoms with E-state index in [1.54, 1.807) is 22.4 Å². The maximum absolute atomic E-state index is 13.9. The maximum atomic E-state index is 13.9. The number of carbonyl (C=O) groups is 1. The maximum Gasteiger partial charge on any atom is 0.252 e. The van der Waals surface area contributed by atoms with Crippen molar-refractivity contribution in [2.45, 2.75) is 44.4 Å². The van der Waals surface area contributed by atoms with Gasteiger partial charge in [-0.2, -0.15) is 9.40 Å². The summed E-state index contributed by atoms with van der Waals surface area (Å²) in [4.78, 5) is 20.5. The number of amides is 1. The van der Waals surface area contributed by atoms with Gasteiger partial charge in [0, 0.05) is 36.3 Å². The molecule has 1 aliphatic rings. The average Bonchev–Trinajstić information content (AvgIpc) is 3.63. The Kier molecular flexibility index (Phi) is 7.43. The second-order valence-corrected chi connectivity index (χ2v) is 13.8. The van der Waals surface area contributed by atoms with Crippen LogP contribution in [0.25, 0.3) is 10.2 Å². The number of piperidine rings is 1. The van der Waals surface area contributed by atoms with Gasteiger partial charge in [0.1, 0.15) is 4.21 Å². The molecule has 0 aliphatic carbocycles. The van der Waals surface area contributed by atoms with Crippen molar-refractivity contribution in [1.82, 2.24) is 19.1 Å². The van der Waals surface area contributed by atoms with Crippen molar-refractivity contribution in [3.63, 3.8) is 0 Å². The number of aryl methyl sites for hydroxylation is 3. The molecule has 12 heteroatoms. The van der Waals surface area contributed by atoms with E-state index in [0.29, 0.717) is 53.4 Å². The minimum Gasteiger partial charge on any atom is -0.286 e. The van der Waals surface area contributed by atoms with E-state index in [9.17, 15) is 13.2 Å². The summed E-state index contributed by atoms with van der Waals surface area (Å²) in [5.41, 5.74) is 3.65. The fourth-order valence-electron chi connectivity index (χ4n) is 4.70. The number of hydrogen-bond acceptors (Lipinski definition) is 7. The SMILES string of the molecule is Cc1cc(C)n(CCN(C(=O)C2CCN(S(=O)(=O)c3cccs3)CC2)c2nc3c(C)c(Cl)ccc3s2)n1. The molecule has 5 rings (SSSR count). The molecule has 1 aromatic carbocycles. The second-order valence-electron chi connectivity index (χ2n) is 9.27. The molecule has 8 nitrogen and oxygen atoms in total. The summed E-state index contributed by atoms with van der Waals surface area (Å²) in [6.45, 7) is 7.46. The number of fused-ring (bicyclic) bond motifs is 1. The predicted molar refractivity (Wildman–Crippen MR) is 149 cm³/mol. The molecule has 0 unspecified atom stereocenters. The molecule has 196 valence electrons. The highest BCUT2D eigenvalue weighted by Gasteiger charge is 2.35. The van der Waals surface area contributed by atoms with Gasteiger partial charge < -0.3 is 0 Å². The van der Waals surface area contributed by atoms with Crippen LogP contribution in [0.3, 0.4) is 0 Å². The Morgan fingerprint density at radius 2 is 1.95 bits per heavy atom. The third-order valence-electron chi connectivity index (χ3n) is 6.76. The molecule has 37 heavy (non-hydrogen) atoms. The molecule has 0 bridgehead atoms. The molecular weight excluding hydrogens is 550 g/mol. The summed E-state index contributed by atoms with van der Waals surface area (Å²) in [7, 11) is -3.52. The molecule has 0 N–H and O–H groups in total. The molecule has 0 saturated carbocycles. The summed E-state index contributed by atoms with van der Waals surface area (Å²) >= 11 is 9.01. The molecule has 4 heterocycles. The molecule has 1 aliphatic heterocycles. The number of thiazole rings is 1. The van der Waals surface area contributed by atoms with Crippen molar-refractivity contribution in [2.75, 3.05) is 24.5 Å². The number of rotatable bonds is 7. The van der Waals surface area contributed by atoms with Gasteiger partial charge in [-0.05, 0) is 68.8 Å². The number of benzene rings is 1. The fraction of sp³-hybridized carbons (Fsp3) is 0.400. The van der Waals surface area contributed by atoms with E-state index in [-0.39, 0.29) is 11.8 Å².